The van der Waals surface area contributed by atoms with E-state index in [1.54, 1.807) is 14.2 Å². The fourth-order valence-electron chi connectivity index (χ4n) is 3.35. The summed E-state index contributed by atoms with van der Waals surface area (Å²) in [5.74, 6) is 0.853. The monoisotopic (exact) mass is 349 g/mol. The van der Waals surface area contributed by atoms with E-state index in [0.717, 1.165) is 44.1 Å². The van der Waals surface area contributed by atoms with Gasteiger partial charge >= 0.3 is 0 Å². The van der Waals surface area contributed by atoms with Crippen molar-refractivity contribution in [2.45, 2.75) is 25.9 Å². The van der Waals surface area contributed by atoms with Crippen LogP contribution >= 0.6 is 0 Å². The first kappa shape index (κ1) is 19.7. The maximum absolute atomic E-state index is 12.4. The normalized spacial score (nSPS) is 20.2. The van der Waals surface area contributed by atoms with Crippen molar-refractivity contribution in [2.75, 3.05) is 53.6 Å². The summed E-state index contributed by atoms with van der Waals surface area (Å²) >= 11 is 0. The van der Waals surface area contributed by atoms with Gasteiger partial charge in [0.15, 0.2) is 0 Å². The summed E-state index contributed by atoms with van der Waals surface area (Å²) in [6, 6.07) is 8.15. The molecule has 1 aliphatic rings. The van der Waals surface area contributed by atoms with E-state index in [9.17, 15) is 4.79 Å². The third kappa shape index (κ3) is 5.70. The molecule has 1 fully saturated rings. The van der Waals surface area contributed by atoms with Gasteiger partial charge < -0.3 is 14.8 Å². The smallest absolute Gasteiger partial charge is 0.234 e. The van der Waals surface area contributed by atoms with Crippen LogP contribution in [0.1, 0.15) is 25.5 Å². The molecular formula is C19H31N3O3. The van der Waals surface area contributed by atoms with Gasteiger partial charge in [-0.15, -0.1) is 0 Å². The highest BCUT2D eigenvalue weighted by atomic mass is 16.5. The highest BCUT2D eigenvalue weighted by Gasteiger charge is 2.25. The number of nitrogens with zero attached hydrogens (tertiary/aromatic N) is 2. The summed E-state index contributed by atoms with van der Waals surface area (Å²) in [6.07, 6.45) is 0. The zero-order chi connectivity index (χ0) is 18.2. The molecule has 2 rings (SSSR count). The molecule has 1 aliphatic heterocycles. The number of amides is 1. The first-order chi connectivity index (χ1) is 12.0. The second-order valence-corrected chi connectivity index (χ2v) is 6.64. The average Bonchev–Trinajstić information content (AvgIpc) is 2.60. The molecule has 1 heterocycles. The lowest BCUT2D eigenvalue weighted by molar-refractivity contribution is -0.123. The zero-order valence-corrected chi connectivity index (χ0v) is 15.8. The van der Waals surface area contributed by atoms with Crippen molar-refractivity contribution < 1.29 is 14.3 Å². The van der Waals surface area contributed by atoms with Crippen molar-refractivity contribution in [1.82, 2.24) is 15.1 Å². The van der Waals surface area contributed by atoms with Gasteiger partial charge in [0, 0.05) is 44.9 Å². The summed E-state index contributed by atoms with van der Waals surface area (Å²) < 4.78 is 10.5. The van der Waals surface area contributed by atoms with Crippen LogP contribution in [0.3, 0.4) is 0 Å². The van der Waals surface area contributed by atoms with E-state index in [2.05, 4.69) is 22.0 Å². The number of hydrogen-bond donors (Lipinski definition) is 1. The Morgan fingerprint density at radius 2 is 2.08 bits per heavy atom. The quantitative estimate of drug-likeness (QED) is 0.771. The second-order valence-electron chi connectivity index (χ2n) is 6.64. The zero-order valence-electron chi connectivity index (χ0n) is 15.8. The van der Waals surface area contributed by atoms with E-state index in [1.807, 2.05) is 31.2 Å². The minimum absolute atomic E-state index is 0.0518. The molecule has 1 amide bonds. The molecule has 0 saturated carbocycles. The molecule has 1 saturated heterocycles. The number of piperazine rings is 1. The summed E-state index contributed by atoms with van der Waals surface area (Å²) in [6.45, 7) is 9.11. The number of benzene rings is 1. The Hall–Kier alpha value is -1.63. The lowest BCUT2D eigenvalue weighted by Crippen LogP contribution is -2.54. The van der Waals surface area contributed by atoms with Gasteiger partial charge in [0.1, 0.15) is 5.75 Å². The Morgan fingerprint density at radius 1 is 1.32 bits per heavy atom. The van der Waals surface area contributed by atoms with E-state index in [1.165, 1.54) is 0 Å². The molecule has 140 valence electrons. The molecule has 0 aromatic heterocycles. The highest BCUT2D eigenvalue weighted by Crippen LogP contribution is 2.24. The third-order valence-electron chi connectivity index (χ3n) is 4.78. The largest absolute Gasteiger partial charge is 0.496 e. The molecule has 0 bridgehead atoms. The minimum atomic E-state index is -0.0796. The predicted molar refractivity (Wildman–Crippen MR) is 98.9 cm³/mol. The van der Waals surface area contributed by atoms with Crippen molar-refractivity contribution in [1.29, 1.82) is 0 Å². The first-order valence-corrected chi connectivity index (χ1v) is 8.92. The number of rotatable bonds is 8. The highest BCUT2D eigenvalue weighted by molar-refractivity contribution is 5.78. The van der Waals surface area contributed by atoms with Gasteiger partial charge in [0.25, 0.3) is 0 Å². The standard InChI is InChI=1S/C19H31N3O3/c1-15-13-21(9-10-22(15)11-12-24-3)14-19(23)20-16(2)17-7-5-6-8-18(17)25-4/h5-8,15-16H,9-14H2,1-4H3,(H,20,23)/t15-,16-/m1/s1. The molecule has 1 N–H and O–H groups in total. The van der Waals surface area contributed by atoms with Gasteiger partial charge in [0.05, 0.1) is 26.3 Å². The number of carbonyl (C=O) groups is 1. The van der Waals surface area contributed by atoms with E-state index >= 15 is 0 Å². The molecule has 1 aromatic carbocycles. The second kappa shape index (κ2) is 9.75. The molecule has 0 spiro atoms. The SMILES string of the molecule is COCCN1CCN(CC(=O)N[C@H](C)c2ccccc2OC)C[C@H]1C. The van der Waals surface area contributed by atoms with Crippen LogP contribution in [0.5, 0.6) is 5.75 Å². The van der Waals surface area contributed by atoms with Crippen LogP contribution in [0, 0.1) is 0 Å². The van der Waals surface area contributed by atoms with Gasteiger partial charge in [-0.2, -0.15) is 0 Å². The minimum Gasteiger partial charge on any atom is -0.496 e. The Balaban J connectivity index is 1.82. The van der Waals surface area contributed by atoms with Crippen LogP contribution in [0.15, 0.2) is 24.3 Å². The Morgan fingerprint density at radius 3 is 2.76 bits per heavy atom. The number of methoxy groups -OCH3 is 2. The maximum atomic E-state index is 12.4. The Kier molecular flexibility index (Phi) is 7.68. The summed E-state index contributed by atoms with van der Waals surface area (Å²) in [5, 5.41) is 3.08. The lowest BCUT2D eigenvalue weighted by Gasteiger charge is -2.39. The van der Waals surface area contributed by atoms with Gasteiger partial charge in [-0.05, 0) is 19.9 Å². The first-order valence-electron chi connectivity index (χ1n) is 8.92. The molecule has 0 aliphatic carbocycles. The molecule has 1 aromatic rings. The number of hydrogen-bond acceptors (Lipinski definition) is 5. The van der Waals surface area contributed by atoms with E-state index in [-0.39, 0.29) is 11.9 Å². The predicted octanol–water partition coefficient (Wildman–Crippen LogP) is 1.52. The van der Waals surface area contributed by atoms with E-state index in [0.29, 0.717) is 12.6 Å². The van der Waals surface area contributed by atoms with E-state index < -0.39 is 0 Å². The molecule has 6 heteroatoms. The van der Waals surface area contributed by atoms with Gasteiger partial charge in [0.2, 0.25) is 5.91 Å². The third-order valence-corrected chi connectivity index (χ3v) is 4.78. The van der Waals surface area contributed by atoms with Crippen molar-refractivity contribution >= 4 is 5.91 Å². The van der Waals surface area contributed by atoms with Crippen LogP contribution in [-0.4, -0.2) is 75.3 Å². The molecule has 0 unspecified atom stereocenters. The molecule has 25 heavy (non-hydrogen) atoms. The van der Waals surface area contributed by atoms with Crippen molar-refractivity contribution in [3.63, 3.8) is 0 Å². The molecular weight excluding hydrogens is 318 g/mol. The van der Waals surface area contributed by atoms with Crippen LogP contribution < -0.4 is 10.1 Å². The van der Waals surface area contributed by atoms with E-state index in [4.69, 9.17) is 9.47 Å². The molecule has 2 atom stereocenters. The van der Waals surface area contributed by atoms with Crippen molar-refractivity contribution in [3.8, 4) is 5.75 Å². The Labute approximate surface area is 151 Å². The fraction of sp³-hybridized carbons (Fsp3) is 0.632. The topological polar surface area (TPSA) is 54.0 Å². The van der Waals surface area contributed by atoms with Crippen molar-refractivity contribution in [2.24, 2.45) is 0 Å². The summed E-state index contributed by atoms with van der Waals surface area (Å²) in [4.78, 5) is 17.1. The Bertz CT molecular complexity index is 552. The van der Waals surface area contributed by atoms with Crippen LogP contribution in [0.2, 0.25) is 0 Å². The molecule has 6 nitrogen and oxygen atoms in total. The number of carbonyl (C=O) groups excluding carboxylic acids is 1. The summed E-state index contributed by atoms with van der Waals surface area (Å²) in [5.41, 5.74) is 0.996. The van der Waals surface area contributed by atoms with Gasteiger partial charge in [-0.25, -0.2) is 0 Å². The summed E-state index contributed by atoms with van der Waals surface area (Å²) in [7, 11) is 3.38. The van der Waals surface area contributed by atoms with Crippen LogP contribution in [-0.2, 0) is 9.53 Å². The fourth-order valence-corrected chi connectivity index (χ4v) is 3.35. The van der Waals surface area contributed by atoms with Gasteiger partial charge in [-0.3, -0.25) is 14.6 Å². The lowest BCUT2D eigenvalue weighted by atomic mass is 10.1. The number of ether oxygens (including phenoxy) is 2. The van der Waals surface area contributed by atoms with Gasteiger partial charge in [-0.1, -0.05) is 18.2 Å². The average molecular weight is 349 g/mol. The van der Waals surface area contributed by atoms with Crippen molar-refractivity contribution in [3.05, 3.63) is 29.8 Å². The van der Waals surface area contributed by atoms with Crippen LogP contribution in [0.25, 0.3) is 0 Å². The number of nitrogens with one attached hydrogen (secondary N) is 1. The maximum Gasteiger partial charge on any atom is 0.234 e. The number of para-hydroxylation sites is 1. The van der Waals surface area contributed by atoms with Crippen LogP contribution in [0.4, 0.5) is 0 Å². The molecule has 0 radical (unpaired) electrons.